The zero-order valence-electron chi connectivity index (χ0n) is 13.8. The van der Waals surface area contributed by atoms with Crippen molar-refractivity contribution < 1.29 is 4.74 Å². The molecule has 0 aromatic rings. The second kappa shape index (κ2) is 7.77. The Balaban J connectivity index is 1.96. The minimum atomic E-state index is 0.492. The molecule has 1 aliphatic heterocycles. The predicted molar refractivity (Wildman–Crippen MR) is 85.1 cm³/mol. The third-order valence-corrected chi connectivity index (χ3v) is 4.94. The lowest BCUT2D eigenvalue weighted by atomic mass is 9.69. The Kier molecular flexibility index (Phi) is 6.31. The molecule has 1 heterocycles. The van der Waals surface area contributed by atoms with Crippen LogP contribution in [0, 0.1) is 11.3 Å². The molecule has 2 unspecified atom stereocenters. The molecular weight excluding hydrogens is 248 g/mol. The molecule has 118 valence electrons. The molecule has 2 rings (SSSR count). The van der Waals surface area contributed by atoms with E-state index in [0.29, 0.717) is 11.5 Å². The smallest absolute Gasteiger partial charge is 0.0593 e. The van der Waals surface area contributed by atoms with Crippen molar-refractivity contribution in [1.82, 2.24) is 10.2 Å². The Labute approximate surface area is 125 Å². The fraction of sp³-hybridized carbons (Fsp3) is 1.00. The van der Waals surface area contributed by atoms with E-state index in [1.165, 1.54) is 51.7 Å². The van der Waals surface area contributed by atoms with Crippen molar-refractivity contribution in [3.63, 3.8) is 0 Å². The van der Waals surface area contributed by atoms with Gasteiger partial charge in [0.05, 0.1) is 6.61 Å². The summed E-state index contributed by atoms with van der Waals surface area (Å²) < 4.78 is 5.61. The summed E-state index contributed by atoms with van der Waals surface area (Å²) in [5.41, 5.74) is 0.492. The molecule has 3 heteroatoms. The standard InChI is InChI=1S/C17H34N2O/c1-15(2)18-13-17(7-4-6-16(3)12-17)14-19-8-5-10-20-11-9-19/h15-16,18H,4-14H2,1-3H3. The summed E-state index contributed by atoms with van der Waals surface area (Å²) in [5.74, 6) is 0.890. The lowest BCUT2D eigenvalue weighted by molar-refractivity contribution is 0.0739. The minimum Gasteiger partial charge on any atom is -0.380 e. The van der Waals surface area contributed by atoms with Gasteiger partial charge in [-0.25, -0.2) is 0 Å². The quantitative estimate of drug-likeness (QED) is 0.839. The third-order valence-electron chi connectivity index (χ3n) is 4.94. The molecule has 1 aliphatic carbocycles. The minimum absolute atomic E-state index is 0.492. The van der Waals surface area contributed by atoms with Crippen LogP contribution in [0.4, 0.5) is 0 Å². The zero-order valence-corrected chi connectivity index (χ0v) is 13.8. The normalized spacial score (nSPS) is 33.3. The number of hydrogen-bond acceptors (Lipinski definition) is 3. The van der Waals surface area contributed by atoms with Crippen molar-refractivity contribution in [2.24, 2.45) is 11.3 Å². The molecular formula is C17H34N2O. The van der Waals surface area contributed by atoms with Gasteiger partial charge in [-0.05, 0) is 30.6 Å². The molecule has 2 atom stereocenters. The van der Waals surface area contributed by atoms with Crippen LogP contribution in [0.25, 0.3) is 0 Å². The van der Waals surface area contributed by atoms with Crippen LogP contribution in [0.2, 0.25) is 0 Å². The molecule has 1 saturated heterocycles. The van der Waals surface area contributed by atoms with Crippen LogP contribution in [-0.2, 0) is 4.74 Å². The molecule has 20 heavy (non-hydrogen) atoms. The molecule has 0 aromatic carbocycles. The van der Waals surface area contributed by atoms with Crippen molar-refractivity contribution in [3.05, 3.63) is 0 Å². The maximum absolute atomic E-state index is 5.61. The van der Waals surface area contributed by atoms with Crippen molar-refractivity contribution in [1.29, 1.82) is 0 Å². The van der Waals surface area contributed by atoms with Crippen LogP contribution >= 0.6 is 0 Å². The van der Waals surface area contributed by atoms with Gasteiger partial charge in [0.2, 0.25) is 0 Å². The van der Waals surface area contributed by atoms with E-state index in [9.17, 15) is 0 Å². The number of rotatable bonds is 5. The summed E-state index contributed by atoms with van der Waals surface area (Å²) in [6.45, 7) is 13.6. The molecule has 3 nitrogen and oxygen atoms in total. The fourth-order valence-corrected chi connectivity index (χ4v) is 3.98. The Morgan fingerprint density at radius 2 is 2.10 bits per heavy atom. The highest BCUT2D eigenvalue weighted by atomic mass is 16.5. The summed E-state index contributed by atoms with van der Waals surface area (Å²) in [7, 11) is 0. The van der Waals surface area contributed by atoms with Crippen LogP contribution in [0.1, 0.15) is 52.9 Å². The number of nitrogens with one attached hydrogen (secondary N) is 1. The van der Waals surface area contributed by atoms with Gasteiger partial charge in [-0.3, -0.25) is 0 Å². The van der Waals surface area contributed by atoms with Gasteiger partial charge in [-0.2, -0.15) is 0 Å². The monoisotopic (exact) mass is 282 g/mol. The van der Waals surface area contributed by atoms with Gasteiger partial charge in [0, 0.05) is 38.8 Å². The van der Waals surface area contributed by atoms with Crippen molar-refractivity contribution in [2.75, 3.05) is 39.4 Å². The van der Waals surface area contributed by atoms with E-state index in [1.54, 1.807) is 0 Å². The Morgan fingerprint density at radius 1 is 1.25 bits per heavy atom. The molecule has 0 bridgehead atoms. The summed E-state index contributed by atoms with van der Waals surface area (Å²) in [5, 5.41) is 3.72. The van der Waals surface area contributed by atoms with Gasteiger partial charge in [-0.15, -0.1) is 0 Å². The number of hydrogen-bond donors (Lipinski definition) is 1. The van der Waals surface area contributed by atoms with E-state index in [-0.39, 0.29) is 0 Å². The van der Waals surface area contributed by atoms with Crippen LogP contribution in [0.5, 0.6) is 0 Å². The first-order chi connectivity index (χ1) is 9.60. The Hall–Kier alpha value is -0.120. The second-order valence-electron chi connectivity index (χ2n) is 7.48. The molecule has 0 radical (unpaired) electrons. The highest BCUT2D eigenvalue weighted by Gasteiger charge is 2.36. The van der Waals surface area contributed by atoms with Gasteiger partial charge in [-0.1, -0.05) is 33.6 Å². The SMILES string of the molecule is CC1CCCC(CNC(C)C)(CN2CCCOCC2)C1. The summed E-state index contributed by atoms with van der Waals surface area (Å²) >= 11 is 0. The maximum atomic E-state index is 5.61. The lowest BCUT2D eigenvalue weighted by Crippen LogP contribution is -2.48. The molecule has 1 N–H and O–H groups in total. The topological polar surface area (TPSA) is 24.5 Å². The van der Waals surface area contributed by atoms with E-state index in [2.05, 4.69) is 31.0 Å². The zero-order chi connectivity index (χ0) is 14.4. The lowest BCUT2D eigenvalue weighted by Gasteiger charge is -2.44. The van der Waals surface area contributed by atoms with Crippen molar-refractivity contribution in [2.45, 2.75) is 58.9 Å². The van der Waals surface area contributed by atoms with Gasteiger partial charge in [0.25, 0.3) is 0 Å². The van der Waals surface area contributed by atoms with E-state index in [4.69, 9.17) is 4.74 Å². The summed E-state index contributed by atoms with van der Waals surface area (Å²) in [6, 6.07) is 0.594. The third kappa shape index (κ3) is 5.01. The van der Waals surface area contributed by atoms with E-state index < -0.39 is 0 Å². The Morgan fingerprint density at radius 3 is 2.85 bits per heavy atom. The average Bonchev–Trinajstić information content (AvgIpc) is 2.65. The van der Waals surface area contributed by atoms with Gasteiger partial charge in [0.15, 0.2) is 0 Å². The number of nitrogens with zero attached hydrogens (tertiary/aromatic N) is 1. The first-order valence-electron chi connectivity index (χ1n) is 8.63. The Bertz CT molecular complexity index is 274. The number of ether oxygens (including phenoxy) is 1. The van der Waals surface area contributed by atoms with E-state index in [0.717, 1.165) is 25.7 Å². The maximum Gasteiger partial charge on any atom is 0.0593 e. The molecule has 0 aromatic heterocycles. The van der Waals surface area contributed by atoms with Crippen molar-refractivity contribution in [3.8, 4) is 0 Å². The van der Waals surface area contributed by atoms with Crippen molar-refractivity contribution >= 4 is 0 Å². The summed E-state index contributed by atoms with van der Waals surface area (Å²) in [4.78, 5) is 2.66. The molecule has 2 aliphatic rings. The summed E-state index contributed by atoms with van der Waals surface area (Å²) in [6.07, 6.45) is 6.82. The predicted octanol–water partition coefficient (Wildman–Crippen LogP) is 2.90. The van der Waals surface area contributed by atoms with Gasteiger partial charge < -0.3 is 15.0 Å². The first kappa shape index (κ1) is 16.3. The van der Waals surface area contributed by atoms with Crippen LogP contribution < -0.4 is 5.32 Å². The highest BCUT2D eigenvalue weighted by Crippen LogP contribution is 2.39. The second-order valence-corrected chi connectivity index (χ2v) is 7.48. The largest absolute Gasteiger partial charge is 0.380 e. The molecule has 2 fully saturated rings. The highest BCUT2D eigenvalue weighted by molar-refractivity contribution is 4.90. The van der Waals surface area contributed by atoms with E-state index >= 15 is 0 Å². The van der Waals surface area contributed by atoms with Crippen LogP contribution in [0.15, 0.2) is 0 Å². The first-order valence-corrected chi connectivity index (χ1v) is 8.63. The molecule has 0 amide bonds. The average molecular weight is 282 g/mol. The van der Waals surface area contributed by atoms with E-state index in [1.807, 2.05) is 0 Å². The fourth-order valence-electron chi connectivity index (χ4n) is 3.98. The van der Waals surface area contributed by atoms with Crippen LogP contribution in [0.3, 0.4) is 0 Å². The molecule has 0 spiro atoms. The van der Waals surface area contributed by atoms with Gasteiger partial charge >= 0.3 is 0 Å². The van der Waals surface area contributed by atoms with Gasteiger partial charge in [0.1, 0.15) is 0 Å². The molecule has 1 saturated carbocycles. The van der Waals surface area contributed by atoms with Crippen LogP contribution in [-0.4, -0.2) is 50.3 Å².